The minimum Gasteiger partial charge on any atom is -0.492 e. The molecule has 16 nitrogen and oxygen atoms in total. The number of para-hydroxylation sites is 1. The molecule has 0 unspecified atom stereocenters. The van der Waals surface area contributed by atoms with Crippen LogP contribution in [-0.2, 0) is 45.0 Å². The second-order valence-corrected chi connectivity index (χ2v) is 21.2. The van der Waals surface area contributed by atoms with E-state index in [2.05, 4.69) is 34.1 Å². The zero-order chi connectivity index (χ0) is 45.8. The Balaban J connectivity index is 1.14. The fraction of sp³-hybridized carbons (Fsp3) is 0.646. The maximum Gasteiger partial charge on any atom is 0.408 e. The third-order valence-corrected chi connectivity index (χ3v) is 16.6. The summed E-state index contributed by atoms with van der Waals surface area (Å²) in [5.74, 6) is -1.55. The van der Waals surface area contributed by atoms with Gasteiger partial charge >= 0.3 is 6.09 Å². The number of carbonyl (C=O) groups excluding carboxylic acids is 4. The van der Waals surface area contributed by atoms with Gasteiger partial charge in [0.1, 0.15) is 35.6 Å². The third kappa shape index (κ3) is 10.3. The summed E-state index contributed by atoms with van der Waals surface area (Å²) in [6, 6.07) is 5.55. The highest BCUT2D eigenvalue weighted by molar-refractivity contribution is 7.91. The number of hydrogen-bond acceptors (Lipinski definition) is 12. The second-order valence-electron chi connectivity index (χ2n) is 19.0. The van der Waals surface area contributed by atoms with E-state index >= 15 is 4.79 Å². The molecule has 1 aromatic heterocycles. The Morgan fingerprint density at radius 1 is 1.00 bits per heavy atom. The van der Waals surface area contributed by atoms with E-state index in [9.17, 15) is 22.8 Å². The molecule has 0 spiro atoms. The van der Waals surface area contributed by atoms with E-state index in [4.69, 9.17) is 28.7 Å². The number of alkyl carbamates (subject to hydrolysis) is 1. The lowest BCUT2D eigenvalue weighted by atomic mass is 9.96. The minimum atomic E-state index is -4.02. The first-order valence-corrected chi connectivity index (χ1v) is 25.1. The number of nitrogens with zero attached hydrogens (tertiary/aromatic N) is 2. The molecule has 2 aliphatic heterocycles. The summed E-state index contributed by atoms with van der Waals surface area (Å²) in [5.41, 5.74) is -0.215. The van der Waals surface area contributed by atoms with Crippen LogP contribution < -0.4 is 24.8 Å². The number of benzene rings is 1. The molecule has 2 bridgehead atoms. The summed E-state index contributed by atoms with van der Waals surface area (Å²) >= 11 is 0. The van der Waals surface area contributed by atoms with E-state index in [-0.39, 0.29) is 37.3 Å². The van der Waals surface area contributed by atoms with Crippen molar-refractivity contribution in [3.05, 3.63) is 54.6 Å². The zero-order valence-electron chi connectivity index (χ0n) is 37.7. The summed E-state index contributed by atoms with van der Waals surface area (Å²) < 4.78 is 58.0. The highest BCUT2D eigenvalue weighted by Gasteiger charge is 2.63. The Morgan fingerprint density at radius 3 is 2.54 bits per heavy atom. The number of rotatable bonds is 15. The Bertz CT molecular complexity index is 2240. The summed E-state index contributed by atoms with van der Waals surface area (Å²) in [7, 11) is -2.39. The first-order valence-electron chi connectivity index (χ1n) is 23.6. The van der Waals surface area contributed by atoms with Crippen molar-refractivity contribution in [2.24, 2.45) is 17.8 Å². The molecule has 4 saturated carbocycles. The lowest BCUT2D eigenvalue weighted by Crippen LogP contribution is -2.59. The molecule has 1 saturated heterocycles. The van der Waals surface area contributed by atoms with Crippen LogP contribution in [0.1, 0.15) is 102 Å². The number of pyridine rings is 1. The second kappa shape index (κ2) is 20.0. The SMILES string of the molecule is C=C[C@@H]1C[C@]1(NC(=O)[C@@H]1C[C@@H]2CN1C(=O)[C@H](C1CCCC1)NC(=O)O[C@@H]1CCC[C@H]1CCC=CCc1c(nc3ccccc3c1OCCCOCCOC)O2)C(=O)NS(=O)(=O)C1(C)CC1. The van der Waals surface area contributed by atoms with Gasteiger partial charge in [-0.15, -0.1) is 6.58 Å². The van der Waals surface area contributed by atoms with Gasteiger partial charge in [0.15, 0.2) is 0 Å². The van der Waals surface area contributed by atoms with Crippen LogP contribution in [0.15, 0.2) is 49.1 Å². The van der Waals surface area contributed by atoms with Crippen LogP contribution in [0.2, 0.25) is 0 Å². The van der Waals surface area contributed by atoms with E-state index in [0.717, 1.165) is 55.9 Å². The number of amides is 4. The molecule has 4 amide bonds. The van der Waals surface area contributed by atoms with Gasteiger partial charge in [0.25, 0.3) is 5.91 Å². The van der Waals surface area contributed by atoms with Crippen molar-refractivity contribution in [3.8, 4) is 11.6 Å². The molecule has 65 heavy (non-hydrogen) atoms. The number of aromatic nitrogens is 1. The van der Waals surface area contributed by atoms with Crippen LogP contribution in [0, 0.1) is 17.8 Å². The molecule has 17 heteroatoms. The predicted molar refractivity (Wildman–Crippen MR) is 242 cm³/mol. The molecule has 6 aliphatic rings. The minimum absolute atomic E-state index is 0.0226. The van der Waals surface area contributed by atoms with Gasteiger partial charge in [0.05, 0.1) is 42.2 Å². The maximum absolute atomic E-state index is 15.1. The van der Waals surface area contributed by atoms with Crippen molar-refractivity contribution in [1.82, 2.24) is 25.2 Å². The normalized spacial score (nSPS) is 29.0. The van der Waals surface area contributed by atoms with Gasteiger partial charge in [0.2, 0.25) is 27.7 Å². The number of methoxy groups -OCH3 is 1. The summed E-state index contributed by atoms with van der Waals surface area (Å²) in [4.78, 5) is 64.0. The van der Waals surface area contributed by atoms with Gasteiger partial charge < -0.3 is 39.2 Å². The fourth-order valence-electron chi connectivity index (χ4n) is 10.1. The molecule has 0 radical (unpaired) electrons. The lowest BCUT2D eigenvalue weighted by Gasteiger charge is -2.32. The number of fused-ring (bicyclic) bond motifs is 5. The number of carbonyl (C=O) groups is 4. The number of nitrogens with one attached hydrogen (secondary N) is 3. The Kier molecular flexibility index (Phi) is 14.4. The molecule has 3 heterocycles. The Morgan fingerprint density at radius 2 is 1.78 bits per heavy atom. The van der Waals surface area contributed by atoms with Gasteiger partial charge in [-0.2, -0.15) is 0 Å². The standard InChI is InChI=1S/C48H65N5O11S/c1-4-33-29-48(33,45(56)52-65(58,59)47(2)22-23-47)51-42(54)38-28-34-30-53(38)44(55)40(32-15-8-9-16-32)50-46(57)64-39-21-12-17-31(39)14-6-5-7-19-36-41(62-25-13-24-61-27-26-60-3)35-18-10-11-20-37(35)49-43(36)63-34/h4-5,7,10-11,18,20,31-34,38-40H,1,6,8-9,12-17,19,21-30H2,2-3H3,(H,50,57)(H,51,54)(H,52,56)/t31-,33-,34-,38+,39-,40+,48-/m1/s1. The molecule has 1 aromatic carbocycles. The van der Waals surface area contributed by atoms with E-state index < -0.39 is 68.2 Å². The van der Waals surface area contributed by atoms with Crippen LogP contribution in [0.4, 0.5) is 4.79 Å². The highest BCUT2D eigenvalue weighted by Crippen LogP contribution is 2.47. The van der Waals surface area contributed by atoms with E-state index in [1.807, 2.05) is 24.3 Å². The topological polar surface area (TPSA) is 201 Å². The molecule has 2 aromatic rings. The molecular weight excluding hydrogens is 855 g/mol. The van der Waals surface area contributed by atoms with Crippen molar-refractivity contribution in [3.63, 3.8) is 0 Å². The van der Waals surface area contributed by atoms with Crippen molar-refractivity contribution in [2.75, 3.05) is 40.1 Å². The number of sulfonamides is 1. The van der Waals surface area contributed by atoms with Crippen LogP contribution in [-0.4, -0.2) is 117 Å². The van der Waals surface area contributed by atoms with Crippen molar-refractivity contribution in [2.45, 2.75) is 138 Å². The van der Waals surface area contributed by atoms with Crippen LogP contribution in [0.5, 0.6) is 11.6 Å². The van der Waals surface area contributed by atoms with Gasteiger partial charge in [-0.05, 0) is 102 Å². The molecular formula is C48H65N5O11S. The average Bonchev–Trinajstić information content (AvgIpc) is 3.91. The maximum atomic E-state index is 15.1. The van der Waals surface area contributed by atoms with E-state index in [1.165, 1.54) is 11.0 Å². The first-order chi connectivity index (χ1) is 31.4. The predicted octanol–water partition coefficient (Wildman–Crippen LogP) is 5.42. The van der Waals surface area contributed by atoms with Gasteiger partial charge in [-0.3, -0.25) is 19.1 Å². The summed E-state index contributed by atoms with van der Waals surface area (Å²) in [6.45, 7) is 7.24. The average molecular weight is 920 g/mol. The molecule has 8 rings (SSSR count). The smallest absolute Gasteiger partial charge is 0.408 e. The third-order valence-electron chi connectivity index (χ3n) is 14.5. The number of ether oxygens (including phenoxy) is 5. The molecule has 354 valence electrons. The van der Waals surface area contributed by atoms with E-state index in [0.29, 0.717) is 82.1 Å². The Labute approximate surface area is 382 Å². The number of hydrogen-bond donors (Lipinski definition) is 3. The monoisotopic (exact) mass is 919 g/mol. The lowest BCUT2D eigenvalue weighted by molar-refractivity contribution is -0.142. The largest absolute Gasteiger partial charge is 0.492 e. The quantitative estimate of drug-likeness (QED) is 0.152. The van der Waals surface area contributed by atoms with Crippen molar-refractivity contribution < 1.29 is 51.3 Å². The first kappa shape index (κ1) is 46.8. The molecule has 5 fully saturated rings. The van der Waals surface area contributed by atoms with Crippen LogP contribution in [0.25, 0.3) is 10.9 Å². The van der Waals surface area contributed by atoms with Crippen LogP contribution >= 0.6 is 0 Å². The molecule has 7 atom stereocenters. The highest BCUT2D eigenvalue weighted by atomic mass is 32.2. The van der Waals surface area contributed by atoms with Gasteiger partial charge in [-0.25, -0.2) is 18.2 Å². The van der Waals surface area contributed by atoms with Crippen LogP contribution in [0.3, 0.4) is 0 Å². The fourth-order valence-corrected chi connectivity index (χ4v) is 11.5. The zero-order valence-corrected chi connectivity index (χ0v) is 38.5. The molecule has 3 N–H and O–H groups in total. The van der Waals surface area contributed by atoms with Crippen molar-refractivity contribution in [1.29, 1.82) is 0 Å². The summed E-state index contributed by atoms with van der Waals surface area (Å²) in [6.07, 6.45) is 13.5. The van der Waals surface area contributed by atoms with Gasteiger partial charge in [0, 0.05) is 37.9 Å². The van der Waals surface area contributed by atoms with Crippen molar-refractivity contribution >= 4 is 44.7 Å². The van der Waals surface area contributed by atoms with E-state index in [1.54, 1.807) is 14.0 Å². The number of allylic oxidation sites excluding steroid dienone is 2. The molecule has 4 aliphatic carbocycles. The van der Waals surface area contributed by atoms with Gasteiger partial charge in [-0.1, -0.05) is 43.2 Å². The summed E-state index contributed by atoms with van der Waals surface area (Å²) in [5, 5.41) is 6.67. The Hall–Kier alpha value is -4.74.